The van der Waals surface area contributed by atoms with E-state index < -0.39 is 0 Å². The first-order chi connectivity index (χ1) is 12.2. The average molecular weight is 356 g/mol. The Hall–Kier alpha value is -2.66. The molecule has 128 valence electrons. The molecule has 0 saturated heterocycles. The van der Waals surface area contributed by atoms with Crippen LogP contribution in [0.25, 0.3) is 11.4 Å². The van der Waals surface area contributed by atoms with E-state index in [1.54, 1.807) is 12.1 Å². The van der Waals surface area contributed by atoms with Crippen molar-refractivity contribution in [3.63, 3.8) is 0 Å². The normalized spacial score (nSPS) is 10.6. The third-order valence-corrected chi connectivity index (χ3v) is 3.93. The average Bonchev–Trinajstić information content (AvgIpc) is 3.10. The number of rotatable bonds is 7. The molecule has 3 rings (SSSR count). The summed E-state index contributed by atoms with van der Waals surface area (Å²) in [5.41, 5.74) is 1.95. The molecule has 0 atom stereocenters. The van der Waals surface area contributed by atoms with Crippen molar-refractivity contribution >= 4 is 17.5 Å². The van der Waals surface area contributed by atoms with Crippen molar-refractivity contribution < 1.29 is 9.32 Å². The number of nitrogens with zero attached hydrogens (tertiary/aromatic N) is 2. The molecule has 0 radical (unpaired) electrons. The van der Waals surface area contributed by atoms with E-state index in [9.17, 15) is 4.79 Å². The molecular weight excluding hydrogens is 338 g/mol. The van der Waals surface area contributed by atoms with Gasteiger partial charge < -0.3 is 9.84 Å². The van der Waals surface area contributed by atoms with Gasteiger partial charge in [-0.2, -0.15) is 4.98 Å². The van der Waals surface area contributed by atoms with Crippen molar-refractivity contribution in [3.8, 4) is 11.4 Å². The standard InChI is InChI=1S/C19H18ClN3O2/c20-16-8-4-7-15(13-16)19-22-18(25-23-19)11-12-21-17(24)10-9-14-5-2-1-3-6-14/h1-8,13H,9-12H2,(H,21,24). The molecule has 1 N–H and O–H groups in total. The van der Waals surface area contributed by atoms with Crippen LogP contribution in [-0.4, -0.2) is 22.6 Å². The lowest BCUT2D eigenvalue weighted by Crippen LogP contribution is -2.25. The van der Waals surface area contributed by atoms with Gasteiger partial charge in [0.25, 0.3) is 0 Å². The lowest BCUT2D eigenvalue weighted by Gasteiger charge is -2.03. The fourth-order valence-electron chi connectivity index (χ4n) is 2.40. The minimum atomic E-state index is 0.0124. The molecule has 0 aliphatic heterocycles. The molecule has 1 aromatic heterocycles. The fraction of sp³-hybridized carbons (Fsp3) is 0.211. The number of amides is 1. The first-order valence-corrected chi connectivity index (χ1v) is 8.47. The highest BCUT2D eigenvalue weighted by atomic mass is 35.5. The second kappa shape index (κ2) is 8.44. The van der Waals surface area contributed by atoms with Crippen LogP contribution in [0.4, 0.5) is 0 Å². The first-order valence-electron chi connectivity index (χ1n) is 8.10. The summed E-state index contributed by atoms with van der Waals surface area (Å²) in [5.74, 6) is 0.990. The predicted octanol–water partition coefficient (Wildman–Crippen LogP) is 3.68. The molecule has 0 aliphatic carbocycles. The molecule has 0 fully saturated rings. The van der Waals surface area contributed by atoms with Gasteiger partial charge in [-0.3, -0.25) is 4.79 Å². The van der Waals surface area contributed by atoms with Crippen LogP contribution in [0, 0.1) is 0 Å². The molecule has 3 aromatic rings. The van der Waals surface area contributed by atoms with Gasteiger partial charge >= 0.3 is 0 Å². The largest absolute Gasteiger partial charge is 0.356 e. The molecule has 0 aliphatic rings. The van der Waals surface area contributed by atoms with Crippen LogP contribution in [0.2, 0.25) is 5.02 Å². The van der Waals surface area contributed by atoms with Crippen molar-refractivity contribution in [1.29, 1.82) is 0 Å². The van der Waals surface area contributed by atoms with Gasteiger partial charge in [0.15, 0.2) is 0 Å². The minimum absolute atomic E-state index is 0.0124. The van der Waals surface area contributed by atoms with Gasteiger partial charge in [0.2, 0.25) is 17.6 Å². The Kier molecular flexibility index (Phi) is 5.80. The van der Waals surface area contributed by atoms with Gasteiger partial charge in [0.1, 0.15) is 0 Å². The minimum Gasteiger partial charge on any atom is -0.356 e. The molecular formula is C19H18ClN3O2. The lowest BCUT2D eigenvalue weighted by atomic mass is 10.1. The van der Waals surface area contributed by atoms with Gasteiger partial charge in [-0.1, -0.05) is 59.2 Å². The summed E-state index contributed by atoms with van der Waals surface area (Å²) in [5, 5.41) is 7.44. The van der Waals surface area contributed by atoms with Crippen LogP contribution >= 0.6 is 11.6 Å². The number of hydrogen-bond acceptors (Lipinski definition) is 4. The van der Waals surface area contributed by atoms with Gasteiger partial charge in [0.05, 0.1) is 0 Å². The highest BCUT2D eigenvalue weighted by molar-refractivity contribution is 6.30. The van der Waals surface area contributed by atoms with Gasteiger partial charge in [-0.25, -0.2) is 0 Å². The second-order valence-corrected chi connectivity index (χ2v) is 6.04. The Morgan fingerprint density at radius 1 is 1.08 bits per heavy atom. The van der Waals surface area contributed by atoms with Crippen molar-refractivity contribution in [3.05, 3.63) is 71.1 Å². The fourth-order valence-corrected chi connectivity index (χ4v) is 2.59. The number of hydrogen-bond donors (Lipinski definition) is 1. The van der Waals surface area contributed by atoms with Crippen LogP contribution in [0.15, 0.2) is 59.1 Å². The van der Waals surface area contributed by atoms with E-state index in [2.05, 4.69) is 15.5 Å². The van der Waals surface area contributed by atoms with Gasteiger partial charge in [0, 0.05) is 30.0 Å². The van der Waals surface area contributed by atoms with Crippen LogP contribution in [0.3, 0.4) is 0 Å². The third-order valence-electron chi connectivity index (χ3n) is 3.70. The smallest absolute Gasteiger partial charge is 0.228 e. The SMILES string of the molecule is O=C(CCc1ccccc1)NCCc1nc(-c2cccc(Cl)c2)no1. The summed E-state index contributed by atoms with van der Waals surface area (Å²) in [7, 11) is 0. The topological polar surface area (TPSA) is 68.0 Å². The number of nitrogens with one attached hydrogen (secondary N) is 1. The van der Waals surface area contributed by atoms with Crippen molar-refractivity contribution in [1.82, 2.24) is 15.5 Å². The van der Waals surface area contributed by atoms with E-state index in [0.717, 1.165) is 17.5 Å². The summed E-state index contributed by atoms with van der Waals surface area (Å²) in [6.07, 6.45) is 1.68. The summed E-state index contributed by atoms with van der Waals surface area (Å²) < 4.78 is 5.21. The highest BCUT2D eigenvalue weighted by Crippen LogP contribution is 2.19. The maximum Gasteiger partial charge on any atom is 0.228 e. The third kappa shape index (κ3) is 5.16. The number of aryl methyl sites for hydroxylation is 1. The molecule has 2 aromatic carbocycles. The molecule has 1 heterocycles. The van der Waals surface area contributed by atoms with Crippen LogP contribution < -0.4 is 5.32 Å². The van der Waals surface area contributed by atoms with Gasteiger partial charge in [-0.15, -0.1) is 0 Å². The Morgan fingerprint density at radius 3 is 2.72 bits per heavy atom. The quantitative estimate of drug-likeness (QED) is 0.702. The molecule has 1 amide bonds. The second-order valence-electron chi connectivity index (χ2n) is 5.61. The highest BCUT2D eigenvalue weighted by Gasteiger charge is 2.09. The van der Waals surface area contributed by atoms with E-state index in [4.69, 9.17) is 16.1 Å². The number of aromatic nitrogens is 2. The molecule has 6 heteroatoms. The Balaban J connectivity index is 1.44. The first kappa shape index (κ1) is 17.2. The van der Waals surface area contributed by atoms with E-state index in [0.29, 0.717) is 36.1 Å². The number of benzene rings is 2. The monoisotopic (exact) mass is 355 g/mol. The number of carbonyl (C=O) groups excluding carboxylic acids is 1. The maximum atomic E-state index is 11.9. The van der Waals surface area contributed by atoms with Crippen molar-refractivity contribution in [2.75, 3.05) is 6.54 Å². The number of carbonyl (C=O) groups is 1. The van der Waals surface area contributed by atoms with Crippen LogP contribution in [-0.2, 0) is 17.6 Å². The zero-order chi connectivity index (χ0) is 17.5. The van der Waals surface area contributed by atoms with Crippen molar-refractivity contribution in [2.24, 2.45) is 0 Å². The molecule has 25 heavy (non-hydrogen) atoms. The predicted molar refractivity (Wildman–Crippen MR) is 96.2 cm³/mol. The summed E-state index contributed by atoms with van der Waals surface area (Å²) in [6, 6.07) is 17.2. The summed E-state index contributed by atoms with van der Waals surface area (Å²) in [4.78, 5) is 16.2. The Labute approximate surface area is 151 Å². The molecule has 0 spiro atoms. The molecule has 0 saturated carbocycles. The van der Waals surface area contributed by atoms with E-state index in [1.165, 1.54) is 0 Å². The summed E-state index contributed by atoms with van der Waals surface area (Å²) in [6.45, 7) is 0.463. The molecule has 0 unspecified atom stereocenters. The van der Waals surface area contributed by atoms with E-state index >= 15 is 0 Å². The molecule has 5 nitrogen and oxygen atoms in total. The summed E-state index contributed by atoms with van der Waals surface area (Å²) >= 11 is 5.96. The molecule has 0 bridgehead atoms. The zero-order valence-corrected chi connectivity index (χ0v) is 14.4. The van der Waals surface area contributed by atoms with Gasteiger partial charge in [-0.05, 0) is 24.1 Å². The van der Waals surface area contributed by atoms with Crippen LogP contribution in [0.1, 0.15) is 17.9 Å². The Morgan fingerprint density at radius 2 is 1.92 bits per heavy atom. The number of halogens is 1. The Bertz CT molecular complexity index is 833. The van der Waals surface area contributed by atoms with Crippen LogP contribution in [0.5, 0.6) is 0 Å². The lowest BCUT2D eigenvalue weighted by molar-refractivity contribution is -0.121. The van der Waals surface area contributed by atoms with E-state index in [-0.39, 0.29) is 5.91 Å². The van der Waals surface area contributed by atoms with Crippen molar-refractivity contribution in [2.45, 2.75) is 19.3 Å². The maximum absolute atomic E-state index is 11.9. The zero-order valence-electron chi connectivity index (χ0n) is 13.6. The van der Waals surface area contributed by atoms with E-state index in [1.807, 2.05) is 42.5 Å².